The molecule has 0 saturated carbocycles. The van der Waals surface area contributed by atoms with Crippen molar-refractivity contribution in [1.29, 1.82) is 0 Å². The summed E-state index contributed by atoms with van der Waals surface area (Å²) in [6, 6.07) is 5.28. The van der Waals surface area contributed by atoms with Gasteiger partial charge in [-0.1, -0.05) is 56.1 Å². The summed E-state index contributed by atoms with van der Waals surface area (Å²) < 4.78 is 0. The van der Waals surface area contributed by atoms with Gasteiger partial charge in [-0.05, 0) is 12.1 Å². The summed E-state index contributed by atoms with van der Waals surface area (Å²) >= 11 is 13.4. The molecule has 8 heteroatoms. The second-order valence-corrected chi connectivity index (χ2v) is 8.84. The predicted molar refractivity (Wildman–Crippen MR) is 117 cm³/mol. The molecule has 0 atom stereocenters. The molecule has 0 aliphatic heterocycles. The molecule has 0 spiro atoms. The Hall–Kier alpha value is -1.89. The van der Waals surface area contributed by atoms with Crippen LogP contribution in [0.15, 0.2) is 36.2 Å². The fourth-order valence-electron chi connectivity index (χ4n) is 2.28. The lowest BCUT2D eigenvalue weighted by atomic mass is 9.96. The molecule has 2 amide bonds. The molecule has 2 rings (SSSR count). The van der Waals surface area contributed by atoms with E-state index < -0.39 is 5.41 Å². The van der Waals surface area contributed by atoms with Gasteiger partial charge in [0, 0.05) is 35.9 Å². The van der Waals surface area contributed by atoms with E-state index in [4.69, 9.17) is 23.2 Å². The molecule has 0 saturated heterocycles. The van der Waals surface area contributed by atoms with Crippen LogP contribution in [0.5, 0.6) is 0 Å². The lowest BCUT2D eigenvalue weighted by Crippen LogP contribution is -2.38. The lowest BCUT2D eigenvalue weighted by molar-refractivity contribution is -0.128. The number of hydrogen-bond donors (Lipinski definition) is 1. The molecule has 0 fully saturated rings. The Bertz CT molecular complexity index is 875. The minimum Gasteiger partial charge on any atom is -0.355 e. The Balaban J connectivity index is 2.10. The molecule has 0 radical (unpaired) electrons. The van der Waals surface area contributed by atoms with Gasteiger partial charge in [-0.25, -0.2) is 4.98 Å². The van der Waals surface area contributed by atoms with Gasteiger partial charge in [0.25, 0.3) is 0 Å². The van der Waals surface area contributed by atoms with E-state index in [1.165, 1.54) is 11.3 Å². The number of halogens is 2. The molecule has 1 aromatic carbocycles. The number of anilines is 1. The topological polar surface area (TPSA) is 62.3 Å². The normalized spacial score (nSPS) is 11.2. The van der Waals surface area contributed by atoms with Gasteiger partial charge in [-0.15, -0.1) is 17.9 Å². The largest absolute Gasteiger partial charge is 0.355 e. The van der Waals surface area contributed by atoms with Crippen molar-refractivity contribution in [2.24, 2.45) is 5.41 Å². The maximum atomic E-state index is 12.7. The van der Waals surface area contributed by atoms with Crippen LogP contribution in [-0.4, -0.2) is 29.9 Å². The zero-order valence-corrected chi connectivity index (χ0v) is 18.4. The van der Waals surface area contributed by atoms with E-state index in [1.54, 1.807) is 23.1 Å². The highest BCUT2D eigenvalue weighted by Crippen LogP contribution is 2.31. The van der Waals surface area contributed by atoms with Gasteiger partial charge in [0.1, 0.15) is 0 Å². The Morgan fingerprint density at radius 2 is 2.00 bits per heavy atom. The van der Waals surface area contributed by atoms with E-state index >= 15 is 0 Å². The third-order valence-electron chi connectivity index (χ3n) is 3.86. The maximum absolute atomic E-state index is 12.7. The molecule has 150 valence electrons. The Morgan fingerprint density at radius 1 is 1.29 bits per heavy atom. The van der Waals surface area contributed by atoms with Crippen LogP contribution >= 0.6 is 34.5 Å². The summed E-state index contributed by atoms with van der Waals surface area (Å²) in [5.41, 5.74) is 1.04. The second-order valence-electron chi connectivity index (χ2n) is 7.19. The van der Waals surface area contributed by atoms with Crippen LogP contribution in [0, 0.1) is 5.41 Å². The quantitative estimate of drug-likeness (QED) is 0.603. The summed E-state index contributed by atoms with van der Waals surface area (Å²) in [6.07, 6.45) is 1.82. The average molecular weight is 440 g/mol. The van der Waals surface area contributed by atoms with Crippen LogP contribution in [-0.2, 0) is 9.59 Å². The molecular weight excluding hydrogens is 417 g/mol. The van der Waals surface area contributed by atoms with Gasteiger partial charge in [-0.2, -0.15) is 0 Å². The van der Waals surface area contributed by atoms with Crippen LogP contribution < -0.4 is 10.2 Å². The van der Waals surface area contributed by atoms with Crippen molar-refractivity contribution in [3.63, 3.8) is 0 Å². The van der Waals surface area contributed by atoms with E-state index in [0.29, 0.717) is 27.4 Å². The molecular formula is C20H23Cl2N3O2S. The minimum absolute atomic E-state index is 0.0910. The van der Waals surface area contributed by atoms with Crippen LogP contribution in [0.25, 0.3) is 11.3 Å². The molecule has 1 aromatic heterocycles. The van der Waals surface area contributed by atoms with Crippen molar-refractivity contribution >= 4 is 51.5 Å². The summed E-state index contributed by atoms with van der Waals surface area (Å²) in [7, 11) is 0. The number of hydrogen-bond acceptors (Lipinski definition) is 4. The predicted octanol–water partition coefficient (Wildman–Crippen LogP) is 5.19. The number of carbonyl (C=O) groups excluding carboxylic acids is 2. The van der Waals surface area contributed by atoms with E-state index in [9.17, 15) is 9.59 Å². The highest BCUT2D eigenvalue weighted by molar-refractivity contribution is 7.14. The lowest BCUT2D eigenvalue weighted by Gasteiger charge is -2.20. The molecule has 0 bridgehead atoms. The fourth-order valence-corrected chi connectivity index (χ4v) is 3.43. The number of benzene rings is 1. The third kappa shape index (κ3) is 5.80. The third-order valence-corrected chi connectivity index (χ3v) is 5.46. The van der Waals surface area contributed by atoms with E-state index in [1.807, 2.05) is 32.2 Å². The van der Waals surface area contributed by atoms with Gasteiger partial charge in [0.05, 0.1) is 15.7 Å². The first kappa shape index (κ1) is 22.4. The number of nitrogens with one attached hydrogen (secondary N) is 1. The van der Waals surface area contributed by atoms with Crippen molar-refractivity contribution in [2.75, 3.05) is 18.0 Å². The van der Waals surface area contributed by atoms with E-state index in [-0.39, 0.29) is 24.8 Å². The first-order chi connectivity index (χ1) is 13.1. The smallest absolute Gasteiger partial charge is 0.230 e. The van der Waals surface area contributed by atoms with Crippen LogP contribution in [0.3, 0.4) is 0 Å². The molecule has 28 heavy (non-hydrogen) atoms. The monoisotopic (exact) mass is 439 g/mol. The molecule has 2 aromatic rings. The summed E-state index contributed by atoms with van der Waals surface area (Å²) in [5.74, 6) is -0.226. The van der Waals surface area contributed by atoms with E-state index in [2.05, 4.69) is 16.9 Å². The minimum atomic E-state index is -0.492. The number of nitrogens with zero attached hydrogens (tertiary/aromatic N) is 2. The van der Waals surface area contributed by atoms with Gasteiger partial charge < -0.3 is 5.32 Å². The van der Waals surface area contributed by atoms with Crippen LogP contribution in [0.1, 0.15) is 27.2 Å². The van der Waals surface area contributed by atoms with Gasteiger partial charge in [0.15, 0.2) is 5.13 Å². The molecule has 5 nitrogen and oxygen atoms in total. The van der Waals surface area contributed by atoms with Crippen LogP contribution in [0.2, 0.25) is 10.0 Å². The molecule has 0 aliphatic rings. The molecule has 1 heterocycles. The number of amides is 2. The van der Waals surface area contributed by atoms with Crippen molar-refractivity contribution < 1.29 is 9.59 Å². The van der Waals surface area contributed by atoms with Crippen molar-refractivity contribution in [1.82, 2.24) is 10.3 Å². The standard InChI is InChI=1S/C20H23Cl2N3O2S/c1-5-10-25(17(26)8-9-23-18(27)20(2,3)4)19-24-16(12-28-19)13-6-7-14(21)15(22)11-13/h5-7,11-12H,1,8-10H2,2-4H3,(H,23,27). The Labute approximate surface area is 179 Å². The highest BCUT2D eigenvalue weighted by atomic mass is 35.5. The Kier molecular flexibility index (Phi) is 7.63. The second kappa shape index (κ2) is 9.54. The summed E-state index contributed by atoms with van der Waals surface area (Å²) in [5, 5.41) is 6.13. The van der Waals surface area contributed by atoms with Crippen LogP contribution in [0.4, 0.5) is 5.13 Å². The number of thiazole rings is 1. The molecule has 0 aliphatic carbocycles. The summed E-state index contributed by atoms with van der Waals surface area (Å²) in [6.45, 7) is 9.80. The SMILES string of the molecule is C=CCN(C(=O)CCNC(=O)C(C)(C)C)c1nc(-c2ccc(Cl)c(Cl)c2)cs1. The summed E-state index contributed by atoms with van der Waals surface area (Å²) in [4.78, 5) is 30.7. The zero-order valence-electron chi connectivity index (χ0n) is 16.1. The van der Waals surface area contributed by atoms with Gasteiger partial charge in [0.2, 0.25) is 11.8 Å². The number of carbonyl (C=O) groups is 2. The highest BCUT2D eigenvalue weighted by Gasteiger charge is 2.22. The Morgan fingerprint density at radius 3 is 2.61 bits per heavy atom. The van der Waals surface area contributed by atoms with Crippen molar-refractivity contribution in [3.8, 4) is 11.3 Å². The number of rotatable bonds is 7. The first-order valence-electron chi connectivity index (χ1n) is 8.74. The molecule has 1 N–H and O–H groups in total. The van der Waals surface area contributed by atoms with Gasteiger partial charge in [-0.3, -0.25) is 14.5 Å². The molecule has 0 unspecified atom stereocenters. The number of aromatic nitrogens is 1. The first-order valence-corrected chi connectivity index (χ1v) is 10.4. The van der Waals surface area contributed by atoms with Crippen molar-refractivity contribution in [2.45, 2.75) is 27.2 Å². The van der Waals surface area contributed by atoms with E-state index in [0.717, 1.165) is 5.56 Å². The zero-order chi connectivity index (χ0) is 20.9. The van der Waals surface area contributed by atoms with Gasteiger partial charge >= 0.3 is 0 Å². The van der Waals surface area contributed by atoms with Crippen molar-refractivity contribution in [3.05, 3.63) is 46.3 Å². The fraction of sp³-hybridized carbons (Fsp3) is 0.350. The maximum Gasteiger partial charge on any atom is 0.230 e. The average Bonchev–Trinajstić information content (AvgIpc) is 3.10.